The molecule has 0 saturated carbocycles. The smallest absolute Gasteiger partial charge is 0.259 e. The van der Waals surface area contributed by atoms with Gasteiger partial charge in [-0.2, -0.15) is 0 Å². The summed E-state index contributed by atoms with van der Waals surface area (Å²) in [6.45, 7) is 3.15. The van der Waals surface area contributed by atoms with E-state index in [9.17, 15) is 9.90 Å². The molecular weight excluding hydrogens is 422 g/mol. The standard InChI is InChI=1S/C29H29N3O2/c1-21-30-26-17-18-31(27(20-33)22-11-5-2-6-12-22)19-25(26)29(34)32(21)28(23-13-7-3-8-14-23)24-15-9-4-10-16-24/h2-16,27-28,33H,17-20H2,1H3. The van der Waals surface area contributed by atoms with E-state index in [1.54, 1.807) is 0 Å². The Morgan fingerprint density at radius 3 is 1.91 bits per heavy atom. The number of aliphatic hydroxyl groups excluding tert-OH is 1. The molecule has 1 unspecified atom stereocenters. The van der Waals surface area contributed by atoms with E-state index >= 15 is 0 Å². The molecule has 3 aromatic carbocycles. The summed E-state index contributed by atoms with van der Waals surface area (Å²) in [6, 6.07) is 29.8. The van der Waals surface area contributed by atoms with E-state index in [4.69, 9.17) is 4.98 Å². The van der Waals surface area contributed by atoms with Crippen LogP contribution in [0, 0.1) is 6.92 Å². The Balaban J connectivity index is 1.60. The van der Waals surface area contributed by atoms with Gasteiger partial charge in [-0.3, -0.25) is 14.3 Å². The molecule has 0 amide bonds. The summed E-state index contributed by atoms with van der Waals surface area (Å²) in [7, 11) is 0. The maximum Gasteiger partial charge on any atom is 0.259 e. The van der Waals surface area contributed by atoms with Gasteiger partial charge in [-0.1, -0.05) is 91.0 Å². The third kappa shape index (κ3) is 4.20. The van der Waals surface area contributed by atoms with Crippen LogP contribution in [0.2, 0.25) is 0 Å². The van der Waals surface area contributed by atoms with Crippen LogP contribution in [-0.4, -0.2) is 32.7 Å². The minimum absolute atomic E-state index is 0.00346. The van der Waals surface area contributed by atoms with Gasteiger partial charge in [0, 0.05) is 19.5 Å². The lowest BCUT2D eigenvalue weighted by Gasteiger charge is -2.35. The summed E-state index contributed by atoms with van der Waals surface area (Å²) in [6.07, 6.45) is 0.691. The van der Waals surface area contributed by atoms with E-state index in [0.29, 0.717) is 13.0 Å². The first kappa shape index (κ1) is 22.3. The van der Waals surface area contributed by atoms with E-state index in [-0.39, 0.29) is 24.2 Å². The van der Waals surface area contributed by atoms with Crippen LogP contribution in [0.5, 0.6) is 0 Å². The van der Waals surface area contributed by atoms with Crippen LogP contribution in [0.4, 0.5) is 0 Å². The molecular formula is C29H29N3O2. The molecule has 0 aliphatic carbocycles. The molecule has 5 nitrogen and oxygen atoms in total. The van der Waals surface area contributed by atoms with Crippen molar-refractivity contribution in [2.45, 2.75) is 32.0 Å². The molecule has 1 atom stereocenters. The second kappa shape index (κ2) is 9.75. The molecule has 0 saturated heterocycles. The molecule has 1 aliphatic heterocycles. The van der Waals surface area contributed by atoms with Crippen molar-refractivity contribution in [3.05, 3.63) is 135 Å². The maximum atomic E-state index is 14.0. The van der Waals surface area contributed by atoms with Crippen LogP contribution >= 0.6 is 0 Å². The number of aryl methyl sites for hydroxylation is 1. The van der Waals surface area contributed by atoms with Crippen LogP contribution in [0.25, 0.3) is 0 Å². The Bertz CT molecular complexity index is 1260. The highest BCUT2D eigenvalue weighted by atomic mass is 16.3. The maximum absolute atomic E-state index is 14.0. The Labute approximate surface area is 200 Å². The van der Waals surface area contributed by atoms with Gasteiger partial charge in [-0.15, -0.1) is 0 Å². The van der Waals surface area contributed by atoms with E-state index in [1.165, 1.54) is 0 Å². The van der Waals surface area contributed by atoms with Gasteiger partial charge in [0.2, 0.25) is 0 Å². The van der Waals surface area contributed by atoms with Crippen molar-refractivity contribution in [3.63, 3.8) is 0 Å². The molecule has 0 spiro atoms. The summed E-state index contributed by atoms with van der Waals surface area (Å²) < 4.78 is 1.84. The van der Waals surface area contributed by atoms with Gasteiger partial charge in [0.05, 0.1) is 29.9 Å². The van der Waals surface area contributed by atoms with Crippen LogP contribution in [-0.2, 0) is 13.0 Å². The lowest BCUT2D eigenvalue weighted by Crippen LogP contribution is -2.42. The minimum Gasteiger partial charge on any atom is -0.394 e. The normalized spacial score (nSPS) is 14.7. The van der Waals surface area contributed by atoms with Gasteiger partial charge in [0.25, 0.3) is 5.56 Å². The van der Waals surface area contributed by atoms with Crippen molar-refractivity contribution in [3.8, 4) is 0 Å². The zero-order valence-electron chi connectivity index (χ0n) is 19.3. The van der Waals surface area contributed by atoms with E-state index in [1.807, 2.05) is 78.2 Å². The zero-order chi connectivity index (χ0) is 23.5. The first-order valence-corrected chi connectivity index (χ1v) is 11.8. The quantitative estimate of drug-likeness (QED) is 0.475. The average Bonchev–Trinajstić information content (AvgIpc) is 2.89. The fourth-order valence-corrected chi connectivity index (χ4v) is 5.07. The van der Waals surface area contributed by atoms with Crippen molar-refractivity contribution < 1.29 is 5.11 Å². The summed E-state index contributed by atoms with van der Waals surface area (Å²) >= 11 is 0. The highest BCUT2D eigenvalue weighted by Gasteiger charge is 2.30. The summed E-state index contributed by atoms with van der Waals surface area (Å²) in [4.78, 5) is 21.2. The molecule has 0 fully saturated rings. The third-order valence-corrected chi connectivity index (χ3v) is 6.75. The molecule has 34 heavy (non-hydrogen) atoms. The number of aliphatic hydroxyl groups is 1. The number of rotatable bonds is 6. The Morgan fingerprint density at radius 1 is 0.853 bits per heavy atom. The number of nitrogens with zero attached hydrogens (tertiary/aromatic N) is 3. The van der Waals surface area contributed by atoms with Crippen molar-refractivity contribution in [2.75, 3.05) is 13.2 Å². The van der Waals surface area contributed by atoms with Crippen molar-refractivity contribution >= 4 is 0 Å². The topological polar surface area (TPSA) is 58.4 Å². The second-order valence-electron chi connectivity index (χ2n) is 8.81. The number of hydrogen-bond acceptors (Lipinski definition) is 4. The molecule has 172 valence electrons. The largest absolute Gasteiger partial charge is 0.394 e. The average molecular weight is 452 g/mol. The van der Waals surface area contributed by atoms with Crippen LogP contribution in [0.15, 0.2) is 95.8 Å². The Morgan fingerprint density at radius 2 is 1.38 bits per heavy atom. The predicted octanol–water partition coefficient (Wildman–Crippen LogP) is 4.28. The number of fused-ring (bicyclic) bond motifs is 1. The SMILES string of the molecule is Cc1nc2c(c(=O)n1C(c1ccccc1)c1ccccc1)CN(C(CO)c1ccccc1)CC2. The fraction of sp³-hybridized carbons (Fsp3) is 0.241. The van der Waals surface area contributed by atoms with Crippen molar-refractivity contribution in [1.29, 1.82) is 0 Å². The molecule has 2 heterocycles. The summed E-state index contributed by atoms with van der Waals surface area (Å²) in [5.41, 5.74) is 4.74. The minimum atomic E-state index is -0.258. The second-order valence-corrected chi connectivity index (χ2v) is 8.81. The first-order chi connectivity index (χ1) is 16.7. The lowest BCUT2D eigenvalue weighted by atomic mass is 9.97. The Kier molecular flexibility index (Phi) is 6.39. The Hall–Kier alpha value is -3.54. The van der Waals surface area contributed by atoms with E-state index in [2.05, 4.69) is 29.2 Å². The molecule has 5 rings (SSSR count). The predicted molar refractivity (Wildman–Crippen MR) is 134 cm³/mol. The zero-order valence-corrected chi connectivity index (χ0v) is 19.3. The fourth-order valence-electron chi connectivity index (χ4n) is 5.07. The van der Waals surface area contributed by atoms with Crippen molar-refractivity contribution in [1.82, 2.24) is 14.5 Å². The molecule has 1 aromatic heterocycles. The molecule has 5 heteroatoms. The lowest BCUT2D eigenvalue weighted by molar-refractivity contribution is 0.110. The van der Waals surface area contributed by atoms with Crippen LogP contribution in [0.3, 0.4) is 0 Å². The molecule has 1 aliphatic rings. The van der Waals surface area contributed by atoms with E-state index < -0.39 is 0 Å². The monoisotopic (exact) mass is 451 g/mol. The summed E-state index contributed by atoms with van der Waals surface area (Å²) in [5, 5.41) is 10.2. The molecule has 0 bridgehead atoms. The number of hydrogen-bond donors (Lipinski definition) is 1. The van der Waals surface area contributed by atoms with Gasteiger partial charge < -0.3 is 5.11 Å². The van der Waals surface area contributed by atoms with Gasteiger partial charge in [-0.05, 0) is 23.6 Å². The number of aromatic nitrogens is 2. The van der Waals surface area contributed by atoms with Gasteiger partial charge in [0.1, 0.15) is 5.82 Å². The molecule has 1 N–H and O–H groups in total. The van der Waals surface area contributed by atoms with Gasteiger partial charge in [-0.25, -0.2) is 4.98 Å². The van der Waals surface area contributed by atoms with Crippen LogP contribution < -0.4 is 5.56 Å². The van der Waals surface area contributed by atoms with E-state index in [0.717, 1.165) is 40.3 Å². The first-order valence-electron chi connectivity index (χ1n) is 11.8. The highest BCUT2D eigenvalue weighted by molar-refractivity contribution is 5.35. The third-order valence-electron chi connectivity index (χ3n) is 6.75. The van der Waals surface area contributed by atoms with Gasteiger partial charge in [0.15, 0.2) is 0 Å². The summed E-state index contributed by atoms with van der Waals surface area (Å²) in [5.74, 6) is 0.719. The molecule has 4 aromatic rings. The van der Waals surface area contributed by atoms with Crippen molar-refractivity contribution in [2.24, 2.45) is 0 Å². The van der Waals surface area contributed by atoms with Crippen LogP contribution in [0.1, 0.15) is 45.9 Å². The molecule has 0 radical (unpaired) electrons. The highest BCUT2D eigenvalue weighted by Crippen LogP contribution is 2.29. The van der Waals surface area contributed by atoms with Gasteiger partial charge >= 0.3 is 0 Å². The number of benzene rings is 3.